The van der Waals surface area contributed by atoms with Gasteiger partial charge in [0, 0.05) is 18.8 Å². The van der Waals surface area contributed by atoms with Crippen LogP contribution in [0.3, 0.4) is 0 Å². The minimum Gasteiger partial charge on any atom is -0.462 e. The third kappa shape index (κ3) is 5.40. The third-order valence-electron chi connectivity index (χ3n) is 7.51. The van der Waals surface area contributed by atoms with Gasteiger partial charge < -0.3 is 19.7 Å². The summed E-state index contributed by atoms with van der Waals surface area (Å²) in [6.07, 6.45) is 5.47. The molecule has 31 heavy (non-hydrogen) atoms. The lowest BCUT2D eigenvalue weighted by atomic mass is 9.64. The monoisotopic (exact) mass is 434 g/mol. The van der Waals surface area contributed by atoms with Crippen LogP contribution in [0.1, 0.15) is 73.1 Å². The highest BCUT2D eigenvalue weighted by Gasteiger charge is 2.45. The summed E-state index contributed by atoms with van der Waals surface area (Å²) < 4.78 is 11.5. The van der Waals surface area contributed by atoms with Crippen LogP contribution in [0.15, 0.2) is 23.3 Å². The summed E-state index contributed by atoms with van der Waals surface area (Å²) in [4.78, 5) is 24.6. The molecule has 2 unspecified atom stereocenters. The summed E-state index contributed by atoms with van der Waals surface area (Å²) in [5.74, 6) is -0.463. The average Bonchev–Trinajstić information content (AvgIpc) is 2.67. The van der Waals surface area contributed by atoms with Crippen LogP contribution < -0.4 is 0 Å². The van der Waals surface area contributed by atoms with Gasteiger partial charge in [-0.2, -0.15) is 0 Å². The highest BCUT2D eigenvalue weighted by molar-refractivity contribution is 5.76. The second kappa shape index (κ2) is 9.45. The van der Waals surface area contributed by atoms with Crippen LogP contribution in [0.4, 0.5) is 0 Å². The predicted molar refractivity (Wildman–Crippen MR) is 117 cm³/mol. The minimum absolute atomic E-state index is 0.00271. The molecule has 1 aliphatic heterocycles. The van der Waals surface area contributed by atoms with Crippen LogP contribution >= 0.6 is 0 Å². The molecule has 174 valence electrons. The molecule has 0 aromatic carbocycles. The van der Waals surface area contributed by atoms with Crippen LogP contribution in [-0.4, -0.2) is 46.6 Å². The molecule has 7 atom stereocenters. The minimum atomic E-state index is -0.652. The fourth-order valence-electron chi connectivity index (χ4n) is 5.13. The molecule has 2 N–H and O–H groups in total. The number of esters is 2. The van der Waals surface area contributed by atoms with E-state index in [1.807, 2.05) is 40.7 Å². The van der Waals surface area contributed by atoms with Gasteiger partial charge in [0.15, 0.2) is 0 Å². The van der Waals surface area contributed by atoms with Gasteiger partial charge in [0.1, 0.15) is 12.2 Å². The topological polar surface area (TPSA) is 93.1 Å². The van der Waals surface area contributed by atoms with Crippen molar-refractivity contribution in [3.8, 4) is 0 Å². The van der Waals surface area contributed by atoms with E-state index in [9.17, 15) is 19.8 Å². The smallest absolute Gasteiger partial charge is 0.311 e. The molecule has 0 radical (unpaired) electrons. The normalized spacial score (nSPS) is 36.1. The number of rotatable bonds is 6. The van der Waals surface area contributed by atoms with Gasteiger partial charge in [-0.15, -0.1) is 0 Å². The Bertz CT molecular complexity index is 751. The highest BCUT2D eigenvalue weighted by atomic mass is 16.6. The summed E-state index contributed by atoms with van der Waals surface area (Å²) in [7, 11) is 0. The van der Waals surface area contributed by atoms with Crippen molar-refractivity contribution in [3.05, 3.63) is 23.3 Å². The van der Waals surface area contributed by atoms with Crippen LogP contribution in [0.2, 0.25) is 0 Å². The van der Waals surface area contributed by atoms with E-state index in [1.54, 1.807) is 0 Å². The SMILES string of the molecule is CCC(C)(C)C(=O)O[C@H]1CC(C)=CC2=C[C@@H](O)[C@H](C)[C@H](CCC3C[C@@H](O)CC(=O)O3)C21. The summed E-state index contributed by atoms with van der Waals surface area (Å²) in [5, 5.41) is 20.6. The number of ether oxygens (including phenoxy) is 2. The molecular formula is C25H38O6. The Morgan fingerprint density at radius 3 is 2.61 bits per heavy atom. The van der Waals surface area contributed by atoms with E-state index >= 15 is 0 Å². The zero-order valence-corrected chi connectivity index (χ0v) is 19.5. The molecular weight excluding hydrogens is 396 g/mol. The van der Waals surface area contributed by atoms with Crippen molar-refractivity contribution in [1.82, 2.24) is 0 Å². The number of hydrogen-bond donors (Lipinski definition) is 2. The summed E-state index contributed by atoms with van der Waals surface area (Å²) >= 11 is 0. The first-order valence-corrected chi connectivity index (χ1v) is 11.7. The van der Waals surface area contributed by atoms with Crippen LogP contribution in [-0.2, 0) is 19.1 Å². The first kappa shape index (κ1) is 24.0. The second-order valence-electron chi connectivity index (χ2n) is 10.4. The molecule has 1 saturated heterocycles. The van der Waals surface area contributed by atoms with Crippen molar-refractivity contribution in [2.45, 2.75) is 97.6 Å². The molecule has 0 aromatic rings. The van der Waals surface area contributed by atoms with Crippen LogP contribution in [0, 0.1) is 23.2 Å². The number of allylic oxidation sites excluding steroid dienone is 1. The van der Waals surface area contributed by atoms with Crippen molar-refractivity contribution in [1.29, 1.82) is 0 Å². The van der Waals surface area contributed by atoms with Gasteiger partial charge in [-0.3, -0.25) is 9.59 Å². The quantitative estimate of drug-likeness (QED) is 0.619. The van der Waals surface area contributed by atoms with Crippen molar-refractivity contribution in [3.63, 3.8) is 0 Å². The van der Waals surface area contributed by atoms with E-state index in [4.69, 9.17) is 9.47 Å². The Kier molecular flexibility index (Phi) is 7.32. The molecule has 2 aliphatic carbocycles. The number of fused-ring (bicyclic) bond motifs is 1. The molecule has 6 heteroatoms. The number of cyclic esters (lactones) is 1. The van der Waals surface area contributed by atoms with Gasteiger partial charge in [-0.05, 0) is 57.4 Å². The largest absolute Gasteiger partial charge is 0.462 e. The van der Waals surface area contributed by atoms with Crippen molar-refractivity contribution >= 4 is 11.9 Å². The van der Waals surface area contributed by atoms with Gasteiger partial charge in [-0.1, -0.05) is 31.6 Å². The maximum atomic E-state index is 12.9. The molecule has 6 nitrogen and oxygen atoms in total. The molecule has 0 saturated carbocycles. The lowest BCUT2D eigenvalue weighted by molar-refractivity contribution is -0.165. The van der Waals surface area contributed by atoms with E-state index in [0.29, 0.717) is 25.7 Å². The van der Waals surface area contributed by atoms with E-state index in [2.05, 4.69) is 6.08 Å². The number of aliphatic hydroxyl groups is 2. The van der Waals surface area contributed by atoms with Crippen molar-refractivity contribution in [2.24, 2.45) is 23.2 Å². The average molecular weight is 435 g/mol. The van der Waals surface area contributed by atoms with Crippen LogP contribution in [0.25, 0.3) is 0 Å². The zero-order chi connectivity index (χ0) is 22.9. The molecule has 0 aromatic heterocycles. The molecule has 0 amide bonds. The van der Waals surface area contributed by atoms with Gasteiger partial charge >= 0.3 is 11.9 Å². The molecule has 1 fully saturated rings. The van der Waals surface area contributed by atoms with Crippen LogP contribution in [0.5, 0.6) is 0 Å². The number of hydrogen-bond acceptors (Lipinski definition) is 6. The first-order valence-electron chi connectivity index (χ1n) is 11.7. The molecule has 0 bridgehead atoms. The highest BCUT2D eigenvalue weighted by Crippen LogP contribution is 2.46. The maximum absolute atomic E-state index is 12.9. The Balaban J connectivity index is 1.81. The molecule has 0 spiro atoms. The standard InChI is InChI=1S/C25H38O6/c1-6-25(4,5)24(29)31-21-10-14(2)9-16-11-20(27)15(3)19(23(16)21)8-7-18-12-17(26)13-22(28)30-18/h9,11,15,17-21,23,26-27H,6-8,10,12-13H2,1-5H3/t15-,17-,18?,19+,20-,21+,23?/m1/s1. The summed E-state index contributed by atoms with van der Waals surface area (Å²) in [6.45, 7) is 9.87. The summed E-state index contributed by atoms with van der Waals surface area (Å²) in [6, 6.07) is 0. The second-order valence-corrected chi connectivity index (χ2v) is 10.4. The first-order chi connectivity index (χ1) is 14.5. The zero-order valence-electron chi connectivity index (χ0n) is 19.5. The Morgan fingerprint density at radius 1 is 1.26 bits per heavy atom. The van der Waals surface area contributed by atoms with Gasteiger partial charge in [0.25, 0.3) is 0 Å². The molecule has 3 aliphatic rings. The molecule has 3 rings (SSSR count). The van der Waals surface area contributed by atoms with E-state index in [0.717, 1.165) is 17.6 Å². The Labute approximate surface area is 185 Å². The van der Waals surface area contributed by atoms with Crippen molar-refractivity contribution < 1.29 is 29.3 Å². The Hall–Kier alpha value is -1.66. The van der Waals surface area contributed by atoms with E-state index < -0.39 is 17.6 Å². The van der Waals surface area contributed by atoms with Gasteiger partial charge in [-0.25, -0.2) is 0 Å². The fourth-order valence-corrected chi connectivity index (χ4v) is 5.13. The molecule has 1 heterocycles. The number of carbonyl (C=O) groups is 2. The Morgan fingerprint density at radius 2 is 1.97 bits per heavy atom. The predicted octanol–water partition coefficient (Wildman–Crippen LogP) is 3.70. The summed E-state index contributed by atoms with van der Waals surface area (Å²) in [5.41, 5.74) is 1.63. The van der Waals surface area contributed by atoms with Gasteiger partial charge in [0.05, 0.1) is 24.0 Å². The van der Waals surface area contributed by atoms with Crippen molar-refractivity contribution in [2.75, 3.05) is 0 Å². The number of aliphatic hydroxyl groups excluding tert-OH is 2. The lowest BCUT2D eigenvalue weighted by Crippen LogP contribution is -2.45. The van der Waals surface area contributed by atoms with Gasteiger partial charge in [0.2, 0.25) is 0 Å². The number of carbonyl (C=O) groups excluding carboxylic acids is 2. The van der Waals surface area contributed by atoms with E-state index in [-0.39, 0.29) is 48.3 Å². The fraction of sp³-hybridized carbons (Fsp3) is 0.760. The lowest BCUT2D eigenvalue weighted by Gasteiger charge is -2.45. The third-order valence-corrected chi connectivity index (χ3v) is 7.51. The van der Waals surface area contributed by atoms with E-state index in [1.165, 1.54) is 0 Å². The maximum Gasteiger partial charge on any atom is 0.311 e.